The molecule has 4 rings (SSSR count). The van der Waals surface area contributed by atoms with Gasteiger partial charge in [0, 0.05) is 62.0 Å². The van der Waals surface area contributed by atoms with E-state index in [0.717, 1.165) is 32.8 Å². The molecule has 0 radical (unpaired) electrons. The average Bonchev–Trinajstić information content (AvgIpc) is 2.87. The highest BCUT2D eigenvalue weighted by molar-refractivity contribution is 6.30. The van der Waals surface area contributed by atoms with E-state index < -0.39 is 0 Å². The predicted molar refractivity (Wildman–Crippen MR) is 127 cm³/mol. The number of rotatable bonds is 7. The van der Waals surface area contributed by atoms with Gasteiger partial charge in [0.25, 0.3) is 11.8 Å². The minimum Gasteiger partial charge on any atom is -0.379 e. The summed E-state index contributed by atoms with van der Waals surface area (Å²) in [5.41, 5.74) is 1.22. The Balaban J connectivity index is 1.42. The molecule has 2 aromatic rings. The molecule has 2 fully saturated rings. The Bertz CT molecular complexity index is 936. The lowest BCUT2D eigenvalue weighted by molar-refractivity contribution is -0.0346. The molecule has 2 heterocycles. The van der Waals surface area contributed by atoms with Gasteiger partial charge in [-0.25, -0.2) is 0 Å². The molecular formula is C25H30ClN3O4. The normalized spacial score (nSPS) is 19.3. The SMILES string of the molecule is O=C(c1cccc(Cl)c1)N1CCOC(CN(CCN2CCOCC2)C(=O)c2ccccc2)C1. The lowest BCUT2D eigenvalue weighted by Gasteiger charge is -2.37. The van der Waals surface area contributed by atoms with Crippen LogP contribution >= 0.6 is 11.6 Å². The number of carbonyl (C=O) groups excluding carboxylic acids is 2. The molecule has 2 aromatic carbocycles. The lowest BCUT2D eigenvalue weighted by Crippen LogP contribution is -2.52. The summed E-state index contributed by atoms with van der Waals surface area (Å²) in [4.78, 5) is 32.2. The summed E-state index contributed by atoms with van der Waals surface area (Å²) < 4.78 is 11.4. The van der Waals surface area contributed by atoms with Gasteiger partial charge in [0.05, 0.1) is 25.9 Å². The number of benzene rings is 2. The van der Waals surface area contributed by atoms with Crippen molar-refractivity contribution in [2.24, 2.45) is 0 Å². The number of halogens is 1. The second kappa shape index (κ2) is 11.6. The first-order valence-corrected chi connectivity index (χ1v) is 11.8. The molecule has 7 nitrogen and oxygen atoms in total. The zero-order chi connectivity index (χ0) is 23.0. The van der Waals surface area contributed by atoms with Gasteiger partial charge in [-0.15, -0.1) is 0 Å². The average molecular weight is 472 g/mol. The third-order valence-corrected chi connectivity index (χ3v) is 6.25. The quantitative estimate of drug-likeness (QED) is 0.621. The largest absolute Gasteiger partial charge is 0.379 e. The Morgan fingerprint density at radius 1 is 0.970 bits per heavy atom. The summed E-state index contributed by atoms with van der Waals surface area (Å²) in [5, 5.41) is 0.536. The van der Waals surface area contributed by atoms with Crippen LogP contribution in [0.3, 0.4) is 0 Å². The van der Waals surface area contributed by atoms with Crippen LogP contribution in [0.25, 0.3) is 0 Å². The Labute approximate surface area is 199 Å². The van der Waals surface area contributed by atoms with E-state index in [2.05, 4.69) is 4.90 Å². The molecule has 8 heteroatoms. The van der Waals surface area contributed by atoms with E-state index in [4.69, 9.17) is 21.1 Å². The molecule has 0 spiro atoms. The molecule has 0 saturated carbocycles. The smallest absolute Gasteiger partial charge is 0.254 e. The standard InChI is InChI=1S/C25H30ClN3O4/c26-22-8-4-7-21(17-22)25(31)29-13-16-33-23(19-29)18-28(10-9-27-11-14-32-15-12-27)24(30)20-5-2-1-3-6-20/h1-8,17,23H,9-16,18-19H2. The second-order valence-corrected chi connectivity index (χ2v) is 8.76. The summed E-state index contributed by atoms with van der Waals surface area (Å²) in [6.45, 7) is 6.37. The third-order valence-electron chi connectivity index (χ3n) is 6.02. The predicted octanol–water partition coefficient (Wildman–Crippen LogP) is 2.66. The van der Waals surface area contributed by atoms with Crippen LogP contribution in [0.4, 0.5) is 0 Å². The maximum absolute atomic E-state index is 13.3. The van der Waals surface area contributed by atoms with Crippen LogP contribution in [0.5, 0.6) is 0 Å². The first-order chi connectivity index (χ1) is 16.1. The topological polar surface area (TPSA) is 62.3 Å². The number of nitrogens with zero attached hydrogens (tertiary/aromatic N) is 3. The van der Waals surface area contributed by atoms with Crippen LogP contribution < -0.4 is 0 Å². The zero-order valence-electron chi connectivity index (χ0n) is 18.7. The van der Waals surface area contributed by atoms with Gasteiger partial charge < -0.3 is 19.3 Å². The van der Waals surface area contributed by atoms with Crippen LogP contribution in [0.2, 0.25) is 5.02 Å². The van der Waals surface area contributed by atoms with Gasteiger partial charge in [-0.2, -0.15) is 0 Å². The zero-order valence-corrected chi connectivity index (χ0v) is 19.5. The maximum Gasteiger partial charge on any atom is 0.254 e. The van der Waals surface area contributed by atoms with Crippen LogP contribution in [0.1, 0.15) is 20.7 Å². The summed E-state index contributed by atoms with van der Waals surface area (Å²) in [7, 11) is 0. The van der Waals surface area contributed by atoms with E-state index in [9.17, 15) is 9.59 Å². The first kappa shape index (κ1) is 23.7. The summed E-state index contributed by atoms with van der Waals surface area (Å²) >= 11 is 6.07. The second-order valence-electron chi connectivity index (χ2n) is 8.33. The molecule has 2 amide bonds. The lowest BCUT2D eigenvalue weighted by atomic mass is 10.1. The van der Waals surface area contributed by atoms with Gasteiger partial charge >= 0.3 is 0 Å². The number of hydrogen-bond donors (Lipinski definition) is 0. The molecular weight excluding hydrogens is 442 g/mol. The van der Waals surface area contributed by atoms with Gasteiger partial charge in [0.15, 0.2) is 0 Å². The number of hydrogen-bond acceptors (Lipinski definition) is 5. The van der Waals surface area contributed by atoms with Crippen molar-refractivity contribution in [1.29, 1.82) is 0 Å². The molecule has 2 aliphatic heterocycles. The van der Waals surface area contributed by atoms with Crippen LogP contribution in [0, 0.1) is 0 Å². The summed E-state index contributed by atoms with van der Waals surface area (Å²) in [6.07, 6.45) is -0.251. The number of amides is 2. The molecule has 0 aliphatic carbocycles. The Hall–Kier alpha value is -2.45. The molecule has 33 heavy (non-hydrogen) atoms. The van der Waals surface area contributed by atoms with E-state index in [-0.39, 0.29) is 17.9 Å². The molecule has 2 saturated heterocycles. The Morgan fingerprint density at radius 3 is 2.48 bits per heavy atom. The van der Waals surface area contributed by atoms with E-state index >= 15 is 0 Å². The summed E-state index contributed by atoms with van der Waals surface area (Å²) in [5.74, 6) is -0.0918. The van der Waals surface area contributed by atoms with Gasteiger partial charge in [0.2, 0.25) is 0 Å². The number of morpholine rings is 2. The van der Waals surface area contributed by atoms with E-state index in [0.29, 0.717) is 48.9 Å². The molecule has 0 N–H and O–H groups in total. The van der Waals surface area contributed by atoms with Crippen LogP contribution in [-0.4, -0.2) is 98.3 Å². The highest BCUT2D eigenvalue weighted by atomic mass is 35.5. The van der Waals surface area contributed by atoms with Crippen LogP contribution in [0.15, 0.2) is 54.6 Å². The molecule has 2 aliphatic rings. The van der Waals surface area contributed by atoms with E-state index in [1.54, 1.807) is 29.2 Å². The van der Waals surface area contributed by atoms with E-state index in [1.807, 2.05) is 35.2 Å². The molecule has 176 valence electrons. The van der Waals surface area contributed by atoms with Gasteiger partial charge in [-0.05, 0) is 30.3 Å². The molecule has 1 unspecified atom stereocenters. The minimum absolute atomic E-state index is 0.0225. The first-order valence-electron chi connectivity index (χ1n) is 11.4. The minimum atomic E-state index is -0.251. The van der Waals surface area contributed by atoms with Gasteiger partial charge in [0.1, 0.15) is 0 Å². The van der Waals surface area contributed by atoms with Crippen molar-refractivity contribution in [2.75, 3.05) is 65.6 Å². The van der Waals surface area contributed by atoms with Crippen molar-refractivity contribution in [2.45, 2.75) is 6.10 Å². The van der Waals surface area contributed by atoms with Crippen molar-refractivity contribution >= 4 is 23.4 Å². The maximum atomic E-state index is 13.3. The highest BCUT2D eigenvalue weighted by Gasteiger charge is 2.29. The van der Waals surface area contributed by atoms with Crippen LogP contribution in [-0.2, 0) is 9.47 Å². The highest BCUT2D eigenvalue weighted by Crippen LogP contribution is 2.16. The van der Waals surface area contributed by atoms with Crippen molar-refractivity contribution in [3.05, 3.63) is 70.7 Å². The Morgan fingerprint density at radius 2 is 1.73 bits per heavy atom. The van der Waals surface area contributed by atoms with Crippen molar-refractivity contribution < 1.29 is 19.1 Å². The van der Waals surface area contributed by atoms with Gasteiger partial charge in [-0.1, -0.05) is 35.9 Å². The van der Waals surface area contributed by atoms with E-state index in [1.165, 1.54) is 0 Å². The summed E-state index contributed by atoms with van der Waals surface area (Å²) in [6, 6.07) is 16.3. The fourth-order valence-corrected chi connectivity index (χ4v) is 4.38. The molecule has 1 atom stereocenters. The van der Waals surface area contributed by atoms with Crippen molar-refractivity contribution in [3.63, 3.8) is 0 Å². The van der Waals surface area contributed by atoms with Crippen molar-refractivity contribution in [3.8, 4) is 0 Å². The Kier molecular flexibility index (Phi) is 8.34. The van der Waals surface area contributed by atoms with Gasteiger partial charge in [-0.3, -0.25) is 14.5 Å². The number of ether oxygens (including phenoxy) is 2. The van der Waals surface area contributed by atoms with Crippen molar-refractivity contribution in [1.82, 2.24) is 14.7 Å². The number of carbonyl (C=O) groups is 2. The monoisotopic (exact) mass is 471 g/mol. The molecule has 0 bridgehead atoms. The fourth-order valence-electron chi connectivity index (χ4n) is 4.19. The fraction of sp³-hybridized carbons (Fsp3) is 0.440. The molecule has 0 aromatic heterocycles. The third kappa shape index (κ3) is 6.54.